The van der Waals surface area contributed by atoms with Gasteiger partial charge in [-0.25, -0.2) is 0 Å². The van der Waals surface area contributed by atoms with Crippen LogP contribution in [0.25, 0.3) is 0 Å². The summed E-state index contributed by atoms with van der Waals surface area (Å²) in [5.41, 5.74) is 0.786. The lowest BCUT2D eigenvalue weighted by molar-refractivity contribution is -0.385. The lowest BCUT2D eigenvalue weighted by Gasteiger charge is -2.17. The Morgan fingerprint density at radius 1 is 1.25 bits per heavy atom. The first-order valence-electron chi connectivity index (χ1n) is 7.34. The van der Waals surface area contributed by atoms with Gasteiger partial charge in [-0.15, -0.1) is 0 Å². The van der Waals surface area contributed by atoms with Crippen LogP contribution in [0.3, 0.4) is 0 Å². The van der Waals surface area contributed by atoms with E-state index in [4.69, 9.17) is 4.74 Å². The Kier molecular flexibility index (Phi) is 5.68. The molecule has 0 aliphatic heterocycles. The van der Waals surface area contributed by atoms with Crippen LogP contribution in [0.2, 0.25) is 0 Å². The number of rotatable bonds is 7. The molecule has 0 radical (unpaired) electrons. The molecule has 0 aliphatic rings. The second-order valence-electron chi connectivity index (χ2n) is 5.18. The van der Waals surface area contributed by atoms with E-state index in [2.05, 4.69) is 6.58 Å². The van der Waals surface area contributed by atoms with Gasteiger partial charge in [-0.1, -0.05) is 36.9 Å². The fraction of sp³-hybridized carbons (Fsp3) is 0.167. The molecular formula is C18H18N2O4. The minimum absolute atomic E-state index is 0.0796. The van der Waals surface area contributed by atoms with Gasteiger partial charge in [0.1, 0.15) is 17.9 Å². The molecule has 0 atom stereocenters. The van der Waals surface area contributed by atoms with Gasteiger partial charge in [0.05, 0.1) is 4.92 Å². The van der Waals surface area contributed by atoms with Crippen LogP contribution in [-0.2, 0) is 6.54 Å². The normalized spacial score (nSPS) is 10.0. The van der Waals surface area contributed by atoms with E-state index in [1.54, 1.807) is 19.2 Å². The highest BCUT2D eigenvalue weighted by Crippen LogP contribution is 2.20. The maximum atomic E-state index is 12.5. The predicted molar refractivity (Wildman–Crippen MR) is 91.0 cm³/mol. The Morgan fingerprint density at radius 2 is 1.92 bits per heavy atom. The van der Waals surface area contributed by atoms with E-state index in [1.165, 1.54) is 23.1 Å². The quantitative estimate of drug-likeness (QED) is 0.444. The van der Waals surface area contributed by atoms with Crippen LogP contribution in [0.1, 0.15) is 15.9 Å². The Hall–Kier alpha value is -3.15. The predicted octanol–water partition coefficient (Wildman–Crippen LogP) is 3.43. The number of ether oxygens (including phenoxy) is 1. The molecule has 0 N–H and O–H groups in total. The summed E-state index contributed by atoms with van der Waals surface area (Å²) in [6.45, 7) is 4.35. The van der Waals surface area contributed by atoms with E-state index in [0.29, 0.717) is 18.9 Å². The first-order valence-corrected chi connectivity index (χ1v) is 7.34. The highest BCUT2D eigenvalue weighted by Gasteiger charge is 2.22. The van der Waals surface area contributed by atoms with Crippen LogP contribution >= 0.6 is 0 Å². The average Bonchev–Trinajstić information content (AvgIpc) is 2.60. The maximum Gasteiger partial charge on any atom is 0.282 e. The summed E-state index contributed by atoms with van der Waals surface area (Å²) < 4.78 is 5.40. The molecule has 6 nitrogen and oxygen atoms in total. The molecule has 24 heavy (non-hydrogen) atoms. The first kappa shape index (κ1) is 17.2. The van der Waals surface area contributed by atoms with Crippen LogP contribution in [0, 0.1) is 10.1 Å². The summed E-state index contributed by atoms with van der Waals surface area (Å²) in [5.74, 6) is 0.320. The average molecular weight is 326 g/mol. The number of carbonyl (C=O) groups is 1. The molecule has 6 heteroatoms. The van der Waals surface area contributed by atoms with Crippen molar-refractivity contribution in [3.8, 4) is 5.75 Å². The lowest BCUT2D eigenvalue weighted by atomic mass is 10.1. The number of benzene rings is 2. The number of nitro benzene ring substituents is 1. The molecule has 0 spiro atoms. The van der Waals surface area contributed by atoms with Crippen molar-refractivity contribution in [2.45, 2.75) is 6.54 Å². The minimum atomic E-state index is -0.549. The molecule has 0 aliphatic carbocycles. The van der Waals surface area contributed by atoms with E-state index >= 15 is 0 Å². The van der Waals surface area contributed by atoms with Crippen molar-refractivity contribution >= 4 is 11.6 Å². The molecule has 2 aromatic rings. The Morgan fingerprint density at radius 3 is 2.54 bits per heavy atom. The SMILES string of the molecule is C=CCOc1ccc(CN(C)C(=O)c2ccccc2[N+](=O)[O-])cc1. The Balaban J connectivity index is 2.09. The summed E-state index contributed by atoms with van der Waals surface area (Å²) in [6.07, 6.45) is 1.66. The molecule has 0 saturated heterocycles. The van der Waals surface area contributed by atoms with Gasteiger partial charge in [0.15, 0.2) is 0 Å². The van der Waals surface area contributed by atoms with Crippen LogP contribution in [0.15, 0.2) is 61.2 Å². The van der Waals surface area contributed by atoms with E-state index in [1.807, 2.05) is 24.3 Å². The third-order valence-electron chi connectivity index (χ3n) is 3.39. The van der Waals surface area contributed by atoms with E-state index in [9.17, 15) is 14.9 Å². The van der Waals surface area contributed by atoms with Gasteiger partial charge >= 0.3 is 0 Å². The molecule has 2 aromatic carbocycles. The zero-order valence-corrected chi connectivity index (χ0v) is 13.3. The molecule has 0 saturated carbocycles. The fourth-order valence-corrected chi connectivity index (χ4v) is 2.21. The molecule has 124 valence electrons. The largest absolute Gasteiger partial charge is 0.490 e. The minimum Gasteiger partial charge on any atom is -0.490 e. The van der Waals surface area contributed by atoms with Crippen LogP contribution in [-0.4, -0.2) is 29.4 Å². The number of nitro groups is 1. The maximum absolute atomic E-state index is 12.5. The molecule has 0 unspecified atom stereocenters. The van der Waals surface area contributed by atoms with Crippen molar-refractivity contribution in [1.29, 1.82) is 0 Å². The van der Waals surface area contributed by atoms with Crippen molar-refractivity contribution in [2.75, 3.05) is 13.7 Å². The smallest absolute Gasteiger partial charge is 0.282 e. The molecular weight excluding hydrogens is 308 g/mol. The summed E-state index contributed by atoms with van der Waals surface area (Å²) >= 11 is 0. The number of amides is 1. The number of nitrogens with zero attached hydrogens (tertiary/aromatic N) is 2. The summed E-state index contributed by atoms with van der Waals surface area (Å²) in [6, 6.07) is 13.3. The second-order valence-corrected chi connectivity index (χ2v) is 5.18. The van der Waals surface area contributed by atoms with E-state index in [0.717, 1.165) is 5.56 Å². The van der Waals surface area contributed by atoms with Gasteiger partial charge in [0.2, 0.25) is 0 Å². The highest BCUT2D eigenvalue weighted by molar-refractivity contribution is 5.97. The van der Waals surface area contributed by atoms with Gasteiger partial charge in [0.25, 0.3) is 11.6 Å². The third-order valence-corrected chi connectivity index (χ3v) is 3.39. The zero-order chi connectivity index (χ0) is 17.5. The van der Waals surface area contributed by atoms with E-state index < -0.39 is 10.8 Å². The molecule has 0 aromatic heterocycles. The first-order chi connectivity index (χ1) is 11.5. The van der Waals surface area contributed by atoms with Crippen molar-refractivity contribution in [3.05, 3.63) is 82.4 Å². The lowest BCUT2D eigenvalue weighted by Crippen LogP contribution is -2.26. The van der Waals surface area contributed by atoms with Crippen LogP contribution in [0.5, 0.6) is 5.75 Å². The van der Waals surface area contributed by atoms with Gasteiger partial charge < -0.3 is 9.64 Å². The third kappa shape index (κ3) is 4.19. The highest BCUT2D eigenvalue weighted by atomic mass is 16.6. The number of para-hydroxylation sites is 1. The number of carbonyl (C=O) groups excluding carboxylic acids is 1. The topological polar surface area (TPSA) is 72.7 Å². The fourth-order valence-electron chi connectivity index (χ4n) is 2.21. The Labute approximate surface area is 140 Å². The monoisotopic (exact) mass is 326 g/mol. The van der Waals surface area contributed by atoms with Gasteiger partial charge in [-0.2, -0.15) is 0 Å². The van der Waals surface area contributed by atoms with Crippen molar-refractivity contribution < 1.29 is 14.5 Å². The van der Waals surface area contributed by atoms with Crippen LogP contribution < -0.4 is 4.74 Å². The number of hydrogen-bond acceptors (Lipinski definition) is 4. The standard InChI is InChI=1S/C18H18N2O4/c1-3-12-24-15-10-8-14(9-11-15)13-19(2)18(21)16-6-4-5-7-17(16)20(22)23/h3-11H,1,12-13H2,2H3. The molecule has 1 amide bonds. The van der Waals surface area contributed by atoms with Gasteiger partial charge in [0, 0.05) is 19.7 Å². The van der Waals surface area contributed by atoms with Gasteiger partial charge in [-0.05, 0) is 23.8 Å². The van der Waals surface area contributed by atoms with Crippen LogP contribution in [0.4, 0.5) is 5.69 Å². The molecule has 2 rings (SSSR count). The summed E-state index contributed by atoms with van der Waals surface area (Å²) in [4.78, 5) is 24.4. The molecule has 0 fully saturated rings. The summed E-state index contributed by atoms with van der Waals surface area (Å²) in [7, 11) is 1.61. The van der Waals surface area contributed by atoms with Crippen molar-refractivity contribution in [3.63, 3.8) is 0 Å². The molecule has 0 bridgehead atoms. The Bertz CT molecular complexity index is 741. The summed E-state index contributed by atoms with van der Waals surface area (Å²) in [5, 5.41) is 11.0. The van der Waals surface area contributed by atoms with Crippen molar-refractivity contribution in [2.24, 2.45) is 0 Å². The second kappa shape index (κ2) is 7.92. The zero-order valence-electron chi connectivity index (χ0n) is 13.3. The number of hydrogen-bond donors (Lipinski definition) is 0. The van der Waals surface area contributed by atoms with Crippen molar-refractivity contribution in [1.82, 2.24) is 4.90 Å². The molecule has 0 heterocycles. The van der Waals surface area contributed by atoms with Gasteiger partial charge in [-0.3, -0.25) is 14.9 Å². The van der Waals surface area contributed by atoms with E-state index in [-0.39, 0.29) is 11.3 Å².